The number of carbonyl (C=O) groups is 1. The Labute approximate surface area is 156 Å². The first-order valence-corrected chi connectivity index (χ1v) is 9.57. The number of anilines is 1. The van der Waals surface area contributed by atoms with E-state index in [1.165, 1.54) is 17.4 Å². The lowest BCUT2D eigenvalue weighted by molar-refractivity contribution is -0.128. The molecule has 4 rings (SSSR count). The number of carbonyl (C=O) groups excluding carboxylic acids is 1. The highest BCUT2D eigenvalue weighted by Crippen LogP contribution is 2.20. The molecule has 1 fully saturated rings. The Kier molecular flexibility index (Phi) is 4.75. The van der Waals surface area contributed by atoms with Crippen LogP contribution >= 0.6 is 11.8 Å². The van der Waals surface area contributed by atoms with Crippen LogP contribution in [0.2, 0.25) is 0 Å². The van der Waals surface area contributed by atoms with Gasteiger partial charge in [-0.15, -0.1) is 10.2 Å². The maximum Gasteiger partial charge on any atom is 0.233 e. The molecular weight excluding hydrogens is 348 g/mol. The van der Waals surface area contributed by atoms with Gasteiger partial charge in [0.25, 0.3) is 0 Å². The van der Waals surface area contributed by atoms with Gasteiger partial charge in [0.15, 0.2) is 10.8 Å². The zero-order valence-corrected chi connectivity index (χ0v) is 15.4. The second-order valence-electron chi connectivity index (χ2n) is 6.23. The van der Waals surface area contributed by atoms with Crippen LogP contribution < -0.4 is 4.90 Å². The molecule has 0 radical (unpaired) electrons. The molecule has 0 saturated carbocycles. The third kappa shape index (κ3) is 3.50. The van der Waals surface area contributed by atoms with Crippen LogP contribution in [0.1, 0.15) is 5.69 Å². The van der Waals surface area contributed by atoms with Gasteiger partial charge < -0.3 is 9.80 Å². The molecule has 1 aromatic carbocycles. The standard InChI is InChI=1S/C18H20N6OS/c1-14-11-16-21-19-13-24(16)18(20-14)26-12-17(25)23-9-7-22(8-10-23)15-5-3-2-4-6-15/h2-6,11,13H,7-10,12H2,1H3. The van der Waals surface area contributed by atoms with Crippen molar-refractivity contribution in [2.24, 2.45) is 0 Å². The molecule has 0 atom stereocenters. The maximum atomic E-state index is 12.6. The predicted octanol–water partition coefficient (Wildman–Crippen LogP) is 1.87. The van der Waals surface area contributed by atoms with Gasteiger partial charge in [-0.2, -0.15) is 0 Å². The minimum absolute atomic E-state index is 0.146. The molecule has 8 heteroatoms. The lowest BCUT2D eigenvalue weighted by atomic mass is 10.2. The van der Waals surface area contributed by atoms with E-state index in [4.69, 9.17) is 0 Å². The smallest absolute Gasteiger partial charge is 0.233 e. The Hall–Kier alpha value is -2.61. The van der Waals surface area contributed by atoms with Crippen LogP contribution in [-0.4, -0.2) is 62.3 Å². The second-order valence-corrected chi connectivity index (χ2v) is 7.17. The summed E-state index contributed by atoms with van der Waals surface area (Å²) >= 11 is 1.43. The minimum atomic E-state index is 0.146. The van der Waals surface area contributed by atoms with Crippen LogP contribution in [0.15, 0.2) is 47.9 Å². The molecule has 3 aromatic rings. The first kappa shape index (κ1) is 16.8. The number of aryl methyl sites for hydroxylation is 1. The molecule has 1 saturated heterocycles. The van der Waals surface area contributed by atoms with Crippen molar-refractivity contribution in [3.63, 3.8) is 0 Å². The Morgan fingerprint density at radius 3 is 2.69 bits per heavy atom. The monoisotopic (exact) mass is 368 g/mol. The van der Waals surface area contributed by atoms with Crippen LogP contribution in [0.25, 0.3) is 5.65 Å². The molecule has 26 heavy (non-hydrogen) atoms. The third-order valence-corrected chi connectivity index (χ3v) is 5.41. The molecule has 0 unspecified atom stereocenters. The average Bonchev–Trinajstić information content (AvgIpc) is 3.15. The highest BCUT2D eigenvalue weighted by molar-refractivity contribution is 7.99. The fourth-order valence-corrected chi connectivity index (χ4v) is 4.01. The van der Waals surface area contributed by atoms with E-state index in [2.05, 4.69) is 32.2 Å². The van der Waals surface area contributed by atoms with Gasteiger partial charge in [-0.25, -0.2) is 4.98 Å². The molecule has 134 valence electrons. The van der Waals surface area contributed by atoms with Crippen molar-refractivity contribution >= 4 is 29.0 Å². The zero-order valence-electron chi connectivity index (χ0n) is 14.6. The fraction of sp³-hybridized carbons (Fsp3) is 0.333. The zero-order chi connectivity index (χ0) is 17.9. The van der Waals surface area contributed by atoms with Crippen molar-refractivity contribution in [3.8, 4) is 0 Å². The third-order valence-electron chi connectivity index (χ3n) is 4.47. The quantitative estimate of drug-likeness (QED) is 0.517. The fourth-order valence-electron chi connectivity index (χ4n) is 3.09. The highest BCUT2D eigenvalue weighted by atomic mass is 32.2. The first-order valence-electron chi connectivity index (χ1n) is 8.59. The van der Waals surface area contributed by atoms with Gasteiger partial charge in [0.05, 0.1) is 5.75 Å². The SMILES string of the molecule is Cc1cc2nncn2c(SCC(=O)N2CCN(c3ccccc3)CC2)n1. The number of fused-ring (bicyclic) bond motifs is 1. The molecule has 3 heterocycles. The van der Waals surface area contributed by atoms with Crippen LogP contribution in [0.4, 0.5) is 5.69 Å². The van der Waals surface area contributed by atoms with E-state index in [1.54, 1.807) is 6.33 Å². The molecule has 7 nitrogen and oxygen atoms in total. The summed E-state index contributed by atoms with van der Waals surface area (Å²) in [6, 6.07) is 12.2. The lowest BCUT2D eigenvalue weighted by Gasteiger charge is -2.36. The summed E-state index contributed by atoms with van der Waals surface area (Å²) in [5.74, 6) is 0.516. The first-order chi connectivity index (χ1) is 12.7. The lowest BCUT2D eigenvalue weighted by Crippen LogP contribution is -2.49. The van der Waals surface area contributed by atoms with E-state index in [9.17, 15) is 4.79 Å². The Bertz CT molecular complexity index is 904. The van der Waals surface area contributed by atoms with Crippen molar-refractivity contribution in [2.75, 3.05) is 36.8 Å². The number of piperazine rings is 1. The van der Waals surface area contributed by atoms with Gasteiger partial charge in [0.1, 0.15) is 6.33 Å². The van der Waals surface area contributed by atoms with E-state index >= 15 is 0 Å². The number of amides is 1. The van der Waals surface area contributed by atoms with Crippen molar-refractivity contribution in [1.82, 2.24) is 24.5 Å². The Morgan fingerprint density at radius 1 is 1.15 bits per heavy atom. The molecule has 0 spiro atoms. The maximum absolute atomic E-state index is 12.6. The molecule has 1 aliphatic heterocycles. The summed E-state index contributed by atoms with van der Waals surface area (Å²) in [7, 11) is 0. The average molecular weight is 368 g/mol. The number of hydrogen-bond acceptors (Lipinski definition) is 6. The van der Waals surface area contributed by atoms with Crippen LogP contribution in [0.3, 0.4) is 0 Å². The molecule has 1 aliphatic rings. The Morgan fingerprint density at radius 2 is 1.92 bits per heavy atom. The summed E-state index contributed by atoms with van der Waals surface area (Å²) in [5, 5.41) is 8.72. The van der Waals surface area contributed by atoms with Gasteiger partial charge >= 0.3 is 0 Å². The second kappa shape index (κ2) is 7.33. The molecule has 0 aliphatic carbocycles. The van der Waals surface area contributed by atoms with E-state index in [0.717, 1.165) is 42.7 Å². The minimum Gasteiger partial charge on any atom is -0.368 e. The number of para-hydroxylation sites is 1. The van der Waals surface area contributed by atoms with E-state index in [-0.39, 0.29) is 5.91 Å². The Balaban J connectivity index is 1.35. The summed E-state index contributed by atoms with van der Waals surface area (Å²) in [4.78, 5) is 21.4. The normalized spacial score (nSPS) is 14.8. The van der Waals surface area contributed by atoms with E-state index < -0.39 is 0 Å². The van der Waals surface area contributed by atoms with Gasteiger partial charge in [0.2, 0.25) is 5.91 Å². The molecule has 1 amide bonds. The van der Waals surface area contributed by atoms with Crippen LogP contribution in [0, 0.1) is 6.92 Å². The highest BCUT2D eigenvalue weighted by Gasteiger charge is 2.21. The van der Waals surface area contributed by atoms with Crippen molar-refractivity contribution in [2.45, 2.75) is 12.1 Å². The van der Waals surface area contributed by atoms with E-state index in [1.807, 2.05) is 40.5 Å². The molecule has 0 bridgehead atoms. The molecule has 2 aromatic heterocycles. The number of thioether (sulfide) groups is 1. The van der Waals surface area contributed by atoms with Crippen molar-refractivity contribution in [1.29, 1.82) is 0 Å². The molecule has 0 N–H and O–H groups in total. The van der Waals surface area contributed by atoms with Gasteiger partial charge in [-0.1, -0.05) is 30.0 Å². The number of nitrogens with zero attached hydrogens (tertiary/aromatic N) is 6. The number of hydrogen-bond donors (Lipinski definition) is 0. The van der Waals surface area contributed by atoms with Crippen molar-refractivity contribution < 1.29 is 4.79 Å². The molecular formula is C18H20N6OS. The number of aromatic nitrogens is 4. The summed E-state index contributed by atoms with van der Waals surface area (Å²) in [5.41, 5.74) is 2.84. The number of benzene rings is 1. The summed E-state index contributed by atoms with van der Waals surface area (Å²) in [6.07, 6.45) is 1.63. The number of rotatable bonds is 4. The summed E-state index contributed by atoms with van der Waals surface area (Å²) in [6.45, 7) is 5.14. The summed E-state index contributed by atoms with van der Waals surface area (Å²) < 4.78 is 1.82. The largest absolute Gasteiger partial charge is 0.368 e. The van der Waals surface area contributed by atoms with Crippen LogP contribution in [-0.2, 0) is 4.79 Å². The van der Waals surface area contributed by atoms with E-state index in [0.29, 0.717) is 5.75 Å². The predicted molar refractivity (Wildman–Crippen MR) is 101 cm³/mol. The van der Waals surface area contributed by atoms with Gasteiger partial charge in [-0.05, 0) is 19.1 Å². The van der Waals surface area contributed by atoms with Crippen molar-refractivity contribution in [3.05, 3.63) is 48.4 Å². The van der Waals surface area contributed by atoms with Gasteiger partial charge in [0, 0.05) is 43.6 Å². The topological polar surface area (TPSA) is 66.6 Å². The van der Waals surface area contributed by atoms with Crippen LogP contribution in [0.5, 0.6) is 0 Å². The van der Waals surface area contributed by atoms with Gasteiger partial charge in [-0.3, -0.25) is 9.20 Å².